The van der Waals surface area contributed by atoms with E-state index < -0.39 is 10.0 Å². The van der Waals surface area contributed by atoms with Crippen LogP contribution in [-0.4, -0.2) is 31.9 Å². The molecule has 1 fully saturated rings. The van der Waals surface area contributed by atoms with Gasteiger partial charge >= 0.3 is 0 Å². The Labute approximate surface area is 102 Å². The van der Waals surface area contributed by atoms with Crippen molar-refractivity contribution < 1.29 is 8.42 Å². The van der Waals surface area contributed by atoms with Gasteiger partial charge in [-0.15, -0.1) is 0 Å². The molecular weight excluding hydrogens is 236 g/mol. The van der Waals surface area contributed by atoms with Crippen LogP contribution in [-0.2, 0) is 10.0 Å². The van der Waals surface area contributed by atoms with Crippen molar-refractivity contribution in [1.82, 2.24) is 4.31 Å². The molecule has 0 aliphatic carbocycles. The lowest BCUT2D eigenvalue weighted by molar-refractivity contribution is 0.472. The summed E-state index contributed by atoms with van der Waals surface area (Å²) in [6, 6.07) is 5.46. The topological polar surface area (TPSA) is 63.4 Å². The van der Waals surface area contributed by atoms with Crippen LogP contribution >= 0.6 is 0 Å². The lowest BCUT2D eigenvalue weighted by Crippen LogP contribution is -2.32. The largest absolute Gasteiger partial charge is 0.326 e. The lowest BCUT2D eigenvalue weighted by atomic mass is 10.2. The molecule has 4 nitrogen and oxygen atoms in total. The van der Waals surface area contributed by atoms with Gasteiger partial charge in [-0.2, -0.15) is 4.31 Å². The Balaban J connectivity index is 2.41. The van der Waals surface area contributed by atoms with E-state index in [2.05, 4.69) is 0 Å². The Morgan fingerprint density at radius 3 is 2.65 bits per heavy atom. The van der Waals surface area contributed by atoms with E-state index in [4.69, 9.17) is 5.73 Å². The molecule has 1 heterocycles. The summed E-state index contributed by atoms with van der Waals surface area (Å²) < 4.78 is 26.3. The average Bonchev–Trinajstić information content (AvgIpc) is 2.69. The van der Waals surface area contributed by atoms with Crippen molar-refractivity contribution in [3.63, 3.8) is 0 Å². The van der Waals surface area contributed by atoms with Gasteiger partial charge in [-0.3, -0.25) is 0 Å². The first kappa shape index (κ1) is 12.5. The highest BCUT2D eigenvalue weighted by Gasteiger charge is 2.31. The predicted octanol–water partition coefficient (Wildman–Crippen LogP) is 1.03. The van der Waals surface area contributed by atoms with Crippen molar-refractivity contribution in [3.8, 4) is 0 Å². The van der Waals surface area contributed by atoms with E-state index in [1.165, 1.54) is 4.31 Å². The molecule has 0 amide bonds. The number of nitrogens with two attached hydrogens (primary N) is 1. The number of sulfonamides is 1. The molecule has 0 bridgehead atoms. The first-order chi connectivity index (χ1) is 7.91. The quantitative estimate of drug-likeness (QED) is 0.857. The number of hydrogen-bond acceptors (Lipinski definition) is 3. The van der Waals surface area contributed by atoms with E-state index in [1.807, 2.05) is 26.0 Å². The van der Waals surface area contributed by atoms with Gasteiger partial charge in [0.2, 0.25) is 10.0 Å². The highest BCUT2D eigenvalue weighted by Crippen LogP contribution is 2.24. The van der Waals surface area contributed by atoms with E-state index in [0.717, 1.165) is 17.5 Å². The van der Waals surface area contributed by atoms with E-state index >= 15 is 0 Å². The molecule has 1 saturated heterocycles. The number of aryl methyl sites for hydroxylation is 2. The Hall–Kier alpha value is -0.910. The van der Waals surface area contributed by atoms with Crippen LogP contribution in [0.3, 0.4) is 0 Å². The van der Waals surface area contributed by atoms with Crippen LogP contribution in [0.1, 0.15) is 17.5 Å². The second kappa shape index (κ2) is 4.40. The zero-order chi connectivity index (χ0) is 12.6. The van der Waals surface area contributed by atoms with Crippen LogP contribution in [0.2, 0.25) is 0 Å². The molecule has 1 aliphatic rings. The van der Waals surface area contributed by atoms with Gasteiger partial charge in [0.05, 0.1) is 4.90 Å². The fraction of sp³-hybridized carbons (Fsp3) is 0.500. The van der Waals surface area contributed by atoms with Crippen molar-refractivity contribution in [2.75, 3.05) is 13.1 Å². The molecule has 0 saturated carbocycles. The summed E-state index contributed by atoms with van der Waals surface area (Å²) in [6.45, 7) is 4.67. The maximum atomic E-state index is 12.4. The summed E-state index contributed by atoms with van der Waals surface area (Å²) in [7, 11) is -3.37. The molecule has 1 unspecified atom stereocenters. The third kappa shape index (κ3) is 2.36. The summed E-state index contributed by atoms with van der Waals surface area (Å²) in [6.07, 6.45) is 0.740. The van der Waals surface area contributed by atoms with Gasteiger partial charge in [0.15, 0.2) is 0 Å². The fourth-order valence-electron chi connectivity index (χ4n) is 2.10. The van der Waals surface area contributed by atoms with Gasteiger partial charge in [-0.05, 0) is 37.5 Å². The van der Waals surface area contributed by atoms with E-state index in [0.29, 0.717) is 18.0 Å². The molecule has 0 spiro atoms. The van der Waals surface area contributed by atoms with Crippen LogP contribution < -0.4 is 5.73 Å². The third-order valence-corrected chi connectivity index (χ3v) is 5.16. The minimum atomic E-state index is -3.37. The van der Waals surface area contributed by atoms with Crippen molar-refractivity contribution in [3.05, 3.63) is 29.3 Å². The van der Waals surface area contributed by atoms with Gasteiger partial charge in [0, 0.05) is 19.1 Å². The van der Waals surface area contributed by atoms with Crippen molar-refractivity contribution in [2.45, 2.75) is 31.2 Å². The fourth-order valence-corrected chi connectivity index (χ4v) is 3.92. The van der Waals surface area contributed by atoms with E-state index in [9.17, 15) is 8.42 Å². The van der Waals surface area contributed by atoms with Gasteiger partial charge in [0.25, 0.3) is 0 Å². The first-order valence-electron chi connectivity index (χ1n) is 5.74. The molecule has 1 aliphatic heterocycles. The highest BCUT2D eigenvalue weighted by atomic mass is 32.2. The second-order valence-electron chi connectivity index (χ2n) is 4.68. The highest BCUT2D eigenvalue weighted by molar-refractivity contribution is 7.89. The molecule has 2 N–H and O–H groups in total. The smallest absolute Gasteiger partial charge is 0.243 e. The number of nitrogens with zero attached hydrogens (tertiary/aromatic N) is 1. The van der Waals surface area contributed by atoms with E-state index in [1.54, 1.807) is 6.07 Å². The van der Waals surface area contributed by atoms with Gasteiger partial charge in [0.1, 0.15) is 0 Å². The molecule has 1 atom stereocenters. The molecule has 0 aromatic heterocycles. The van der Waals surface area contributed by atoms with Crippen molar-refractivity contribution >= 4 is 10.0 Å². The summed E-state index contributed by atoms with van der Waals surface area (Å²) in [5.74, 6) is 0. The minimum Gasteiger partial charge on any atom is -0.326 e. The van der Waals surface area contributed by atoms with Gasteiger partial charge < -0.3 is 5.73 Å². The first-order valence-corrected chi connectivity index (χ1v) is 7.18. The van der Waals surface area contributed by atoms with Crippen LogP contribution in [0.5, 0.6) is 0 Å². The van der Waals surface area contributed by atoms with Crippen molar-refractivity contribution in [2.24, 2.45) is 5.73 Å². The number of hydrogen-bond donors (Lipinski definition) is 1. The van der Waals surface area contributed by atoms with Crippen LogP contribution in [0.15, 0.2) is 23.1 Å². The summed E-state index contributed by atoms with van der Waals surface area (Å²) in [5.41, 5.74) is 7.51. The Bertz CT molecular complexity index is 525. The molecule has 1 aromatic rings. The molecule has 2 rings (SSSR count). The normalized spacial score (nSPS) is 21.9. The summed E-state index contributed by atoms with van der Waals surface area (Å²) in [4.78, 5) is 0.409. The zero-order valence-corrected chi connectivity index (χ0v) is 11.0. The second-order valence-corrected chi connectivity index (χ2v) is 6.59. The summed E-state index contributed by atoms with van der Waals surface area (Å²) >= 11 is 0. The van der Waals surface area contributed by atoms with Crippen molar-refractivity contribution in [1.29, 1.82) is 0 Å². The maximum Gasteiger partial charge on any atom is 0.243 e. The zero-order valence-electron chi connectivity index (χ0n) is 10.2. The van der Waals surface area contributed by atoms with Crippen LogP contribution in [0.25, 0.3) is 0 Å². The molecule has 17 heavy (non-hydrogen) atoms. The van der Waals surface area contributed by atoms with E-state index in [-0.39, 0.29) is 6.04 Å². The van der Waals surface area contributed by atoms with Gasteiger partial charge in [-0.1, -0.05) is 12.1 Å². The number of benzene rings is 1. The van der Waals surface area contributed by atoms with Crippen LogP contribution in [0, 0.1) is 13.8 Å². The molecule has 94 valence electrons. The molecule has 5 heteroatoms. The standard InChI is InChI=1S/C12H18N2O2S/c1-9-3-4-10(2)12(7-9)17(15,16)14-6-5-11(13)8-14/h3-4,7,11H,5-6,8,13H2,1-2H3. The molecular formula is C12H18N2O2S. The van der Waals surface area contributed by atoms with Crippen LogP contribution in [0.4, 0.5) is 0 Å². The van der Waals surface area contributed by atoms with Gasteiger partial charge in [-0.25, -0.2) is 8.42 Å². The Morgan fingerprint density at radius 1 is 1.35 bits per heavy atom. The Kier molecular flexibility index (Phi) is 3.25. The average molecular weight is 254 g/mol. The number of rotatable bonds is 2. The molecule has 0 radical (unpaired) electrons. The third-order valence-electron chi connectivity index (χ3n) is 3.15. The maximum absolute atomic E-state index is 12.4. The predicted molar refractivity (Wildman–Crippen MR) is 67.3 cm³/mol. The Morgan fingerprint density at radius 2 is 2.06 bits per heavy atom. The molecule has 1 aromatic carbocycles. The monoisotopic (exact) mass is 254 g/mol. The minimum absolute atomic E-state index is 0.0325. The lowest BCUT2D eigenvalue weighted by Gasteiger charge is -2.17. The summed E-state index contributed by atoms with van der Waals surface area (Å²) in [5, 5.41) is 0. The SMILES string of the molecule is Cc1ccc(C)c(S(=O)(=O)N2CCC(N)C2)c1.